The van der Waals surface area contributed by atoms with Gasteiger partial charge in [0, 0.05) is 4.88 Å². The van der Waals surface area contributed by atoms with Crippen molar-refractivity contribution in [3.63, 3.8) is 0 Å². The van der Waals surface area contributed by atoms with Crippen LogP contribution in [0.3, 0.4) is 0 Å². The van der Waals surface area contributed by atoms with Gasteiger partial charge in [0.25, 0.3) is 5.56 Å². The first kappa shape index (κ1) is 22.1. The molecule has 0 radical (unpaired) electrons. The molecule has 0 bridgehead atoms. The summed E-state index contributed by atoms with van der Waals surface area (Å²) in [6.45, 7) is 0.526. The molecule has 11 heteroatoms. The van der Waals surface area contributed by atoms with E-state index in [2.05, 4.69) is 25.5 Å². The summed E-state index contributed by atoms with van der Waals surface area (Å²) in [5.41, 5.74) is 2.58. The van der Waals surface area contributed by atoms with Crippen molar-refractivity contribution in [2.45, 2.75) is 17.5 Å². The Labute approximate surface area is 202 Å². The van der Waals surface area contributed by atoms with Crippen LogP contribution in [0, 0.1) is 0 Å². The number of hydrogen-bond acceptors (Lipinski definition) is 9. The first-order chi connectivity index (χ1) is 16.6. The molecule has 0 unspecified atom stereocenters. The van der Waals surface area contributed by atoms with Crippen LogP contribution in [0.4, 0.5) is 0 Å². The van der Waals surface area contributed by atoms with E-state index in [4.69, 9.17) is 9.47 Å². The van der Waals surface area contributed by atoms with Gasteiger partial charge in [0.2, 0.25) is 5.16 Å². The summed E-state index contributed by atoms with van der Waals surface area (Å²) in [5, 5.41) is 12.6. The Morgan fingerprint density at radius 3 is 2.44 bits per heavy atom. The minimum Gasteiger partial charge on any atom is -0.497 e. The highest BCUT2D eigenvalue weighted by Crippen LogP contribution is 2.32. The Bertz CT molecular complexity index is 1480. The SMILES string of the molecule is COc1ccc(Cn2nnnc2SCc2nc3cc(-c4ccc(OC)cc4)sc3c(=O)[nH]2)cc1. The van der Waals surface area contributed by atoms with E-state index in [9.17, 15) is 4.79 Å². The van der Waals surface area contributed by atoms with Crippen molar-refractivity contribution in [2.24, 2.45) is 0 Å². The second-order valence-electron chi connectivity index (χ2n) is 7.32. The highest BCUT2D eigenvalue weighted by Gasteiger charge is 2.13. The topological polar surface area (TPSA) is 108 Å². The van der Waals surface area contributed by atoms with E-state index in [0.29, 0.717) is 33.5 Å². The molecule has 3 aromatic heterocycles. The maximum absolute atomic E-state index is 12.7. The van der Waals surface area contributed by atoms with E-state index in [1.54, 1.807) is 18.9 Å². The zero-order valence-electron chi connectivity index (χ0n) is 18.4. The monoisotopic (exact) mass is 492 g/mol. The highest BCUT2D eigenvalue weighted by atomic mass is 32.2. The van der Waals surface area contributed by atoms with E-state index in [1.807, 2.05) is 54.6 Å². The predicted octanol–water partition coefficient (Wildman–Crippen LogP) is 4.00. The molecule has 5 aromatic rings. The predicted molar refractivity (Wildman–Crippen MR) is 132 cm³/mol. The van der Waals surface area contributed by atoms with E-state index in [-0.39, 0.29) is 5.56 Å². The maximum Gasteiger partial charge on any atom is 0.268 e. The summed E-state index contributed by atoms with van der Waals surface area (Å²) in [4.78, 5) is 21.2. The Balaban J connectivity index is 1.32. The van der Waals surface area contributed by atoms with Gasteiger partial charge in [-0.25, -0.2) is 9.67 Å². The van der Waals surface area contributed by atoms with Crippen LogP contribution in [0.25, 0.3) is 20.7 Å². The van der Waals surface area contributed by atoms with Crippen LogP contribution >= 0.6 is 23.1 Å². The molecule has 0 atom stereocenters. The summed E-state index contributed by atoms with van der Waals surface area (Å²) in [7, 11) is 3.27. The fourth-order valence-corrected chi connectivity index (χ4v) is 5.13. The molecule has 5 rings (SSSR count). The van der Waals surface area contributed by atoms with Crippen LogP contribution in [0.2, 0.25) is 0 Å². The number of ether oxygens (including phenoxy) is 2. The summed E-state index contributed by atoms with van der Waals surface area (Å²) in [5.74, 6) is 2.58. The molecule has 0 aliphatic rings. The molecule has 9 nitrogen and oxygen atoms in total. The van der Waals surface area contributed by atoms with Crippen molar-refractivity contribution in [3.05, 3.63) is 76.3 Å². The summed E-state index contributed by atoms with van der Waals surface area (Å²) in [6.07, 6.45) is 0. The molecule has 1 N–H and O–H groups in total. The average molecular weight is 493 g/mol. The van der Waals surface area contributed by atoms with Crippen molar-refractivity contribution in [1.82, 2.24) is 30.2 Å². The van der Waals surface area contributed by atoms with E-state index >= 15 is 0 Å². The molecule has 172 valence electrons. The van der Waals surface area contributed by atoms with Gasteiger partial charge in [0.15, 0.2) is 0 Å². The summed E-state index contributed by atoms with van der Waals surface area (Å²) in [6, 6.07) is 17.4. The number of rotatable bonds is 8. The number of tetrazole rings is 1. The zero-order valence-corrected chi connectivity index (χ0v) is 20.0. The number of methoxy groups -OCH3 is 2. The number of aromatic nitrogens is 6. The molecule has 0 saturated heterocycles. The number of thioether (sulfide) groups is 1. The second kappa shape index (κ2) is 9.65. The van der Waals surface area contributed by atoms with Gasteiger partial charge in [-0.15, -0.1) is 16.4 Å². The number of nitrogens with zero attached hydrogens (tertiary/aromatic N) is 5. The van der Waals surface area contributed by atoms with Crippen molar-refractivity contribution in [3.8, 4) is 21.9 Å². The van der Waals surface area contributed by atoms with Crippen LogP contribution in [0.15, 0.2) is 64.5 Å². The summed E-state index contributed by atoms with van der Waals surface area (Å²) >= 11 is 2.84. The first-order valence-corrected chi connectivity index (χ1v) is 12.1. The minimum atomic E-state index is -0.150. The lowest BCUT2D eigenvalue weighted by atomic mass is 10.2. The van der Waals surface area contributed by atoms with Crippen molar-refractivity contribution in [2.75, 3.05) is 14.2 Å². The third kappa shape index (κ3) is 4.66. The lowest BCUT2D eigenvalue weighted by molar-refractivity contribution is 0.414. The van der Waals surface area contributed by atoms with Gasteiger partial charge in [-0.3, -0.25) is 4.79 Å². The molecule has 34 heavy (non-hydrogen) atoms. The molecule has 0 fully saturated rings. The van der Waals surface area contributed by atoms with Gasteiger partial charge >= 0.3 is 0 Å². The number of benzene rings is 2. The standard InChI is InChI=1S/C23H20N6O3S2/c1-31-16-7-3-14(4-8-16)12-29-23(26-27-28-29)33-13-20-24-18-11-19(34-21(18)22(30)25-20)15-5-9-17(32-2)10-6-15/h3-11H,12-13H2,1-2H3,(H,24,25,30). The third-order valence-corrected chi connectivity index (χ3v) is 7.28. The van der Waals surface area contributed by atoms with Crippen LogP contribution < -0.4 is 15.0 Å². The lowest BCUT2D eigenvalue weighted by Gasteiger charge is -2.06. The molecule has 2 aromatic carbocycles. The molecular formula is C23H20N6O3S2. The van der Waals surface area contributed by atoms with Crippen LogP contribution in [-0.4, -0.2) is 44.4 Å². The number of nitrogens with one attached hydrogen (secondary N) is 1. The number of thiophene rings is 1. The van der Waals surface area contributed by atoms with Crippen LogP contribution in [-0.2, 0) is 12.3 Å². The first-order valence-electron chi connectivity index (χ1n) is 10.3. The van der Waals surface area contributed by atoms with E-state index in [0.717, 1.165) is 27.5 Å². The van der Waals surface area contributed by atoms with Gasteiger partial charge < -0.3 is 14.5 Å². The molecule has 0 saturated carbocycles. The fraction of sp³-hybridized carbons (Fsp3) is 0.174. The van der Waals surface area contributed by atoms with Gasteiger partial charge in [0.05, 0.1) is 32.0 Å². The molecular weight excluding hydrogens is 472 g/mol. The Morgan fingerprint density at radius 2 is 1.74 bits per heavy atom. The van der Waals surface area contributed by atoms with Gasteiger partial charge in [0.1, 0.15) is 22.0 Å². The van der Waals surface area contributed by atoms with Gasteiger partial charge in [-0.1, -0.05) is 23.9 Å². The second-order valence-corrected chi connectivity index (χ2v) is 9.32. The normalized spacial score (nSPS) is 11.1. The van der Waals surface area contributed by atoms with Gasteiger partial charge in [-0.05, 0) is 64.0 Å². The number of H-pyrrole nitrogens is 1. The zero-order chi connectivity index (χ0) is 23.5. The Hall–Kier alpha value is -3.70. The van der Waals surface area contributed by atoms with Crippen LogP contribution in [0.5, 0.6) is 11.5 Å². The smallest absolute Gasteiger partial charge is 0.268 e. The Morgan fingerprint density at radius 1 is 1.03 bits per heavy atom. The molecule has 0 aliphatic carbocycles. The Kier molecular flexibility index (Phi) is 6.28. The third-order valence-electron chi connectivity index (χ3n) is 5.13. The molecule has 0 aliphatic heterocycles. The molecule has 0 amide bonds. The van der Waals surface area contributed by atoms with Crippen molar-refractivity contribution >= 4 is 33.3 Å². The van der Waals surface area contributed by atoms with E-state index in [1.165, 1.54) is 23.1 Å². The van der Waals surface area contributed by atoms with E-state index < -0.39 is 0 Å². The fourth-order valence-electron chi connectivity index (χ4n) is 3.39. The number of aromatic amines is 1. The minimum absolute atomic E-state index is 0.150. The van der Waals surface area contributed by atoms with Crippen molar-refractivity contribution < 1.29 is 9.47 Å². The quantitative estimate of drug-likeness (QED) is 0.324. The lowest BCUT2D eigenvalue weighted by Crippen LogP contribution is -2.10. The maximum atomic E-state index is 12.7. The molecule has 0 spiro atoms. The van der Waals surface area contributed by atoms with Gasteiger partial charge in [-0.2, -0.15) is 0 Å². The van der Waals surface area contributed by atoms with Crippen molar-refractivity contribution in [1.29, 1.82) is 0 Å². The summed E-state index contributed by atoms with van der Waals surface area (Å²) < 4.78 is 12.7. The average Bonchev–Trinajstić information content (AvgIpc) is 3.50. The largest absolute Gasteiger partial charge is 0.497 e. The number of hydrogen-bond donors (Lipinski definition) is 1. The number of fused-ring (bicyclic) bond motifs is 1. The van der Waals surface area contributed by atoms with Crippen LogP contribution in [0.1, 0.15) is 11.4 Å². The highest BCUT2D eigenvalue weighted by molar-refractivity contribution is 7.98. The molecule has 3 heterocycles.